The number of amides is 1. The SMILES string of the molecule is Cc1ccc(-c2cc(C(=O)O[C@@H](C)C(=O)N(C)C3(C#N)CCCCC3)[nH]n2)cc1. The van der Waals surface area contributed by atoms with Crippen molar-refractivity contribution in [2.24, 2.45) is 0 Å². The molecule has 0 radical (unpaired) electrons. The van der Waals surface area contributed by atoms with Crippen LogP contribution in [0.15, 0.2) is 30.3 Å². The summed E-state index contributed by atoms with van der Waals surface area (Å²) in [5, 5.41) is 16.5. The fourth-order valence-corrected chi connectivity index (χ4v) is 3.72. The molecule has 2 aromatic rings. The molecule has 1 saturated carbocycles. The van der Waals surface area contributed by atoms with E-state index in [0.717, 1.165) is 30.4 Å². The topological polar surface area (TPSA) is 99.1 Å². The van der Waals surface area contributed by atoms with Crippen LogP contribution in [0.5, 0.6) is 0 Å². The maximum Gasteiger partial charge on any atom is 0.357 e. The molecule has 1 aromatic carbocycles. The minimum atomic E-state index is -0.995. The minimum absolute atomic E-state index is 0.176. The normalized spacial score (nSPS) is 16.5. The first-order valence-corrected chi connectivity index (χ1v) is 9.89. The monoisotopic (exact) mass is 394 g/mol. The molecule has 0 saturated heterocycles. The number of aromatic amines is 1. The molecule has 0 bridgehead atoms. The largest absolute Gasteiger partial charge is 0.448 e. The minimum Gasteiger partial charge on any atom is -0.448 e. The Labute approximate surface area is 170 Å². The van der Waals surface area contributed by atoms with E-state index in [1.165, 1.54) is 11.8 Å². The number of nitrogens with one attached hydrogen (secondary N) is 1. The number of nitrogens with zero attached hydrogens (tertiary/aromatic N) is 3. The molecule has 1 heterocycles. The Morgan fingerprint density at radius 1 is 1.24 bits per heavy atom. The van der Waals surface area contributed by atoms with Gasteiger partial charge in [-0.3, -0.25) is 9.89 Å². The molecule has 7 nitrogen and oxygen atoms in total. The molecule has 152 valence electrons. The van der Waals surface area contributed by atoms with Gasteiger partial charge in [-0.05, 0) is 32.8 Å². The predicted octanol–water partition coefficient (Wildman–Crippen LogP) is 3.62. The van der Waals surface area contributed by atoms with Crippen LogP contribution in [0.1, 0.15) is 55.1 Å². The highest BCUT2D eigenvalue weighted by atomic mass is 16.5. The van der Waals surface area contributed by atoms with Gasteiger partial charge in [-0.15, -0.1) is 0 Å². The van der Waals surface area contributed by atoms with Crippen LogP contribution in [0.4, 0.5) is 0 Å². The Hall–Kier alpha value is -3.14. The fraction of sp³-hybridized carbons (Fsp3) is 0.455. The Kier molecular flexibility index (Phi) is 6.02. The first kappa shape index (κ1) is 20.6. The lowest BCUT2D eigenvalue weighted by molar-refractivity contribution is -0.143. The summed E-state index contributed by atoms with van der Waals surface area (Å²) in [5.74, 6) is -1.03. The smallest absolute Gasteiger partial charge is 0.357 e. The van der Waals surface area contributed by atoms with Gasteiger partial charge in [0.1, 0.15) is 11.2 Å². The number of aryl methyl sites for hydroxylation is 1. The number of esters is 1. The van der Waals surface area contributed by atoms with Crippen molar-refractivity contribution in [2.45, 2.75) is 57.6 Å². The summed E-state index contributed by atoms with van der Waals surface area (Å²) in [6.07, 6.45) is 3.19. The van der Waals surface area contributed by atoms with E-state index in [2.05, 4.69) is 16.3 Å². The number of hydrogen-bond acceptors (Lipinski definition) is 5. The Balaban J connectivity index is 1.66. The fourth-order valence-electron chi connectivity index (χ4n) is 3.72. The lowest BCUT2D eigenvalue weighted by Gasteiger charge is -2.39. The van der Waals surface area contributed by atoms with Crippen molar-refractivity contribution in [2.75, 3.05) is 7.05 Å². The van der Waals surface area contributed by atoms with E-state index in [0.29, 0.717) is 18.5 Å². The highest BCUT2D eigenvalue weighted by molar-refractivity contribution is 5.91. The molecular formula is C22H26N4O3. The number of aromatic nitrogens is 2. The number of benzene rings is 1. The molecule has 3 rings (SSSR count). The molecule has 0 unspecified atom stereocenters. The number of rotatable bonds is 5. The van der Waals surface area contributed by atoms with Gasteiger partial charge in [0.25, 0.3) is 5.91 Å². The van der Waals surface area contributed by atoms with Gasteiger partial charge < -0.3 is 9.64 Å². The zero-order valence-corrected chi connectivity index (χ0v) is 17.1. The van der Waals surface area contributed by atoms with Gasteiger partial charge in [-0.25, -0.2) is 4.79 Å². The number of nitriles is 1. The lowest BCUT2D eigenvalue weighted by atomic mass is 9.81. The third-order valence-electron chi connectivity index (χ3n) is 5.64. The van der Waals surface area contributed by atoms with E-state index in [4.69, 9.17) is 4.74 Å². The Bertz CT molecular complexity index is 920. The van der Waals surface area contributed by atoms with Crippen LogP contribution in [-0.2, 0) is 9.53 Å². The zero-order chi connectivity index (χ0) is 21.0. The highest BCUT2D eigenvalue weighted by Gasteiger charge is 2.40. The highest BCUT2D eigenvalue weighted by Crippen LogP contribution is 2.33. The van der Waals surface area contributed by atoms with Crippen LogP contribution in [0.25, 0.3) is 11.3 Å². The summed E-state index contributed by atoms with van der Waals surface area (Å²) < 4.78 is 5.36. The Morgan fingerprint density at radius 3 is 2.52 bits per heavy atom. The van der Waals surface area contributed by atoms with Crippen molar-refractivity contribution in [3.8, 4) is 17.3 Å². The van der Waals surface area contributed by atoms with E-state index < -0.39 is 17.6 Å². The molecule has 0 spiro atoms. The van der Waals surface area contributed by atoms with Crippen molar-refractivity contribution >= 4 is 11.9 Å². The standard InChI is InChI=1S/C22H26N4O3/c1-15-7-9-17(10-8-15)18-13-19(25-24-18)21(28)29-16(2)20(27)26(3)22(14-23)11-5-4-6-12-22/h7-10,13,16H,4-6,11-12H2,1-3H3,(H,24,25)/t16-/m0/s1. The second-order valence-corrected chi connectivity index (χ2v) is 7.68. The average Bonchev–Trinajstić information content (AvgIpc) is 3.24. The summed E-state index contributed by atoms with van der Waals surface area (Å²) in [5.41, 5.74) is 1.99. The summed E-state index contributed by atoms with van der Waals surface area (Å²) >= 11 is 0. The molecule has 0 aliphatic heterocycles. The first-order chi connectivity index (χ1) is 13.9. The van der Waals surface area contributed by atoms with Crippen molar-refractivity contribution in [1.29, 1.82) is 5.26 Å². The molecule has 1 fully saturated rings. The van der Waals surface area contributed by atoms with E-state index in [1.807, 2.05) is 31.2 Å². The summed E-state index contributed by atoms with van der Waals surface area (Å²) in [7, 11) is 1.62. The molecule has 1 N–H and O–H groups in total. The number of likely N-dealkylation sites (N-methyl/N-ethyl adjacent to an activating group) is 1. The van der Waals surface area contributed by atoms with Crippen molar-refractivity contribution in [3.05, 3.63) is 41.6 Å². The van der Waals surface area contributed by atoms with Gasteiger partial charge in [0.05, 0.1) is 11.8 Å². The molecule has 29 heavy (non-hydrogen) atoms. The molecule has 7 heteroatoms. The lowest BCUT2D eigenvalue weighted by Crippen LogP contribution is -2.53. The third-order valence-corrected chi connectivity index (χ3v) is 5.64. The molecule has 1 atom stereocenters. The van der Waals surface area contributed by atoms with Gasteiger partial charge in [0.15, 0.2) is 6.10 Å². The van der Waals surface area contributed by atoms with Crippen LogP contribution in [0, 0.1) is 18.3 Å². The van der Waals surface area contributed by atoms with Crippen LogP contribution in [0.2, 0.25) is 0 Å². The molecule has 1 amide bonds. The van der Waals surface area contributed by atoms with Crippen molar-refractivity contribution in [1.82, 2.24) is 15.1 Å². The third kappa shape index (κ3) is 4.32. The second-order valence-electron chi connectivity index (χ2n) is 7.68. The van der Waals surface area contributed by atoms with E-state index in [1.54, 1.807) is 13.1 Å². The average molecular weight is 394 g/mol. The van der Waals surface area contributed by atoms with Crippen molar-refractivity contribution in [3.63, 3.8) is 0 Å². The van der Waals surface area contributed by atoms with E-state index in [-0.39, 0.29) is 11.6 Å². The van der Waals surface area contributed by atoms with Gasteiger partial charge in [0, 0.05) is 12.6 Å². The summed E-state index contributed by atoms with van der Waals surface area (Å²) in [4.78, 5) is 26.7. The first-order valence-electron chi connectivity index (χ1n) is 9.89. The molecular weight excluding hydrogens is 368 g/mol. The van der Waals surface area contributed by atoms with Gasteiger partial charge in [-0.2, -0.15) is 10.4 Å². The van der Waals surface area contributed by atoms with Crippen LogP contribution in [0.3, 0.4) is 0 Å². The Morgan fingerprint density at radius 2 is 1.90 bits per heavy atom. The van der Waals surface area contributed by atoms with Crippen LogP contribution < -0.4 is 0 Å². The maximum atomic E-state index is 12.8. The molecule has 1 aromatic heterocycles. The van der Waals surface area contributed by atoms with Gasteiger partial charge >= 0.3 is 5.97 Å². The van der Waals surface area contributed by atoms with E-state index in [9.17, 15) is 14.9 Å². The van der Waals surface area contributed by atoms with Crippen LogP contribution >= 0.6 is 0 Å². The molecule has 1 aliphatic carbocycles. The number of carbonyl (C=O) groups is 2. The van der Waals surface area contributed by atoms with Crippen molar-refractivity contribution < 1.29 is 14.3 Å². The predicted molar refractivity (Wildman–Crippen MR) is 108 cm³/mol. The van der Waals surface area contributed by atoms with E-state index >= 15 is 0 Å². The zero-order valence-electron chi connectivity index (χ0n) is 17.1. The maximum absolute atomic E-state index is 12.8. The quantitative estimate of drug-likeness (QED) is 0.781. The van der Waals surface area contributed by atoms with Gasteiger partial charge in [0.2, 0.25) is 0 Å². The van der Waals surface area contributed by atoms with Crippen LogP contribution in [-0.4, -0.2) is 45.7 Å². The second kappa shape index (κ2) is 8.48. The summed E-state index contributed by atoms with van der Waals surface area (Å²) in [6.45, 7) is 3.53. The molecule has 1 aliphatic rings. The summed E-state index contributed by atoms with van der Waals surface area (Å²) in [6, 6.07) is 11.7. The van der Waals surface area contributed by atoms with Gasteiger partial charge in [-0.1, -0.05) is 49.1 Å². The number of H-pyrrole nitrogens is 1. The number of hydrogen-bond donors (Lipinski definition) is 1. The number of carbonyl (C=O) groups excluding carboxylic acids is 2. The number of ether oxygens (including phenoxy) is 1.